The zero-order valence-electron chi connectivity index (χ0n) is 12.2. The lowest BCUT2D eigenvalue weighted by molar-refractivity contribution is -0.123. The van der Waals surface area contributed by atoms with E-state index in [1.807, 2.05) is 5.51 Å². The number of carbonyl (C=O) groups excluding carboxylic acids is 1. The molecule has 1 aromatic heterocycles. The summed E-state index contributed by atoms with van der Waals surface area (Å²) in [5, 5.41) is 3.29. The molecule has 2 atom stereocenters. The zero-order chi connectivity index (χ0) is 13.9. The normalized spacial score (nSPS) is 24.9. The van der Waals surface area contributed by atoms with Gasteiger partial charge in [-0.15, -0.1) is 11.3 Å². The number of fused-ring (bicyclic) bond motifs is 1. The van der Waals surface area contributed by atoms with Crippen molar-refractivity contribution in [2.45, 2.75) is 70.3 Å². The van der Waals surface area contributed by atoms with Crippen molar-refractivity contribution in [3.8, 4) is 0 Å². The molecule has 1 unspecified atom stereocenters. The number of hydrogen-bond donors (Lipinski definition) is 1. The molecular weight excluding hydrogens is 268 g/mol. The summed E-state index contributed by atoms with van der Waals surface area (Å²) in [6.07, 6.45) is 9.69. The molecular formula is C16H24N2OS. The van der Waals surface area contributed by atoms with Gasteiger partial charge < -0.3 is 5.32 Å². The highest BCUT2D eigenvalue weighted by molar-refractivity contribution is 7.10. The van der Waals surface area contributed by atoms with Gasteiger partial charge in [-0.05, 0) is 44.9 Å². The summed E-state index contributed by atoms with van der Waals surface area (Å²) in [6, 6.07) is 0.320. The number of aryl methyl sites for hydroxylation is 1. The van der Waals surface area contributed by atoms with E-state index >= 15 is 0 Å². The molecule has 1 aromatic rings. The van der Waals surface area contributed by atoms with Gasteiger partial charge in [-0.3, -0.25) is 4.79 Å². The topological polar surface area (TPSA) is 42.0 Å². The van der Waals surface area contributed by atoms with Crippen LogP contribution in [0.2, 0.25) is 0 Å². The minimum atomic E-state index is 0.0530. The van der Waals surface area contributed by atoms with Gasteiger partial charge in [-0.1, -0.05) is 19.3 Å². The van der Waals surface area contributed by atoms with E-state index in [4.69, 9.17) is 0 Å². The molecule has 0 saturated heterocycles. The van der Waals surface area contributed by atoms with Crippen LogP contribution < -0.4 is 5.32 Å². The van der Waals surface area contributed by atoms with Crippen LogP contribution in [0.25, 0.3) is 0 Å². The molecule has 2 aliphatic rings. The van der Waals surface area contributed by atoms with Crippen molar-refractivity contribution in [2.24, 2.45) is 5.92 Å². The molecule has 0 spiro atoms. The van der Waals surface area contributed by atoms with E-state index in [9.17, 15) is 4.79 Å². The third-order valence-electron chi connectivity index (χ3n) is 4.94. The Kier molecular flexibility index (Phi) is 4.39. The maximum atomic E-state index is 12.6. The number of carbonyl (C=O) groups is 1. The molecule has 20 heavy (non-hydrogen) atoms. The van der Waals surface area contributed by atoms with E-state index in [1.165, 1.54) is 37.0 Å². The van der Waals surface area contributed by atoms with Gasteiger partial charge in [0.1, 0.15) is 0 Å². The first kappa shape index (κ1) is 14.1. The quantitative estimate of drug-likeness (QED) is 0.924. The molecule has 3 rings (SSSR count). The smallest absolute Gasteiger partial charge is 0.228 e. The molecule has 1 N–H and O–H groups in total. The molecule has 0 aromatic carbocycles. The monoisotopic (exact) mass is 292 g/mol. The van der Waals surface area contributed by atoms with Gasteiger partial charge in [0.05, 0.1) is 17.1 Å². The van der Waals surface area contributed by atoms with E-state index in [0.717, 1.165) is 25.0 Å². The SMILES string of the molecule is C[C@@H](NC(=O)C1CCCc2ncsc21)C1CCCCC1. The Morgan fingerprint density at radius 1 is 1.30 bits per heavy atom. The Morgan fingerprint density at radius 2 is 2.10 bits per heavy atom. The van der Waals surface area contributed by atoms with E-state index in [2.05, 4.69) is 17.2 Å². The maximum absolute atomic E-state index is 12.6. The van der Waals surface area contributed by atoms with Crippen molar-refractivity contribution in [2.75, 3.05) is 0 Å². The zero-order valence-corrected chi connectivity index (χ0v) is 13.0. The Hall–Kier alpha value is -0.900. The number of amides is 1. The largest absolute Gasteiger partial charge is 0.353 e. The van der Waals surface area contributed by atoms with E-state index in [1.54, 1.807) is 11.3 Å². The van der Waals surface area contributed by atoms with Crippen LogP contribution in [0.5, 0.6) is 0 Å². The summed E-state index contributed by atoms with van der Waals surface area (Å²) < 4.78 is 0. The first-order chi connectivity index (χ1) is 9.75. The standard InChI is InChI=1S/C16H24N2OS/c1-11(12-6-3-2-4-7-12)18-16(19)13-8-5-9-14-15(13)20-10-17-14/h10-13H,2-9H2,1H3,(H,18,19)/t11-,13?/m1/s1. The van der Waals surface area contributed by atoms with Gasteiger partial charge in [0.2, 0.25) is 5.91 Å². The van der Waals surface area contributed by atoms with Crippen LogP contribution in [0.3, 0.4) is 0 Å². The lowest BCUT2D eigenvalue weighted by Gasteiger charge is -2.30. The summed E-state index contributed by atoms with van der Waals surface area (Å²) in [4.78, 5) is 18.2. The molecule has 1 fully saturated rings. The van der Waals surface area contributed by atoms with Crippen LogP contribution >= 0.6 is 11.3 Å². The fourth-order valence-corrected chi connectivity index (χ4v) is 4.65. The van der Waals surface area contributed by atoms with Crippen molar-refractivity contribution in [1.82, 2.24) is 10.3 Å². The Labute approximate surface area is 125 Å². The van der Waals surface area contributed by atoms with Crippen molar-refractivity contribution in [3.63, 3.8) is 0 Å². The predicted molar refractivity (Wildman–Crippen MR) is 82.0 cm³/mol. The second kappa shape index (κ2) is 6.25. The number of nitrogens with one attached hydrogen (secondary N) is 1. The van der Waals surface area contributed by atoms with Crippen LogP contribution in [-0.4, -0.2) is 16.9 Å². The number of nitrogens with zero attached hydrogens (tertiary/aromatic N) is 1. The molecule has 0 radical (unpaired) electrons. The molecule has 1 saturated carbocycles. The summed E-state index contributed by atoms with van der Waals surface area (Å²) in [6.45, 7) is 2.18. The molecule has 1 heterocycles. The van der Waals surface area contributed by atoms with Crippen LogP contribution in [-0.2, 0) is 11.2 Å². The van der Waals surface area contributed by atoms with E-state index < -0.39 is 0 Å². The lowest BCUT2D eigenvalue weighted by atomic mass is 9.84. The second-order valence-corrected chi connectivity index (χ2v) is 7.19. The molecule has 0 aliphatic heterocycles. The first-order valence-electron chi connectivity index (χ1n) is 7.98. The average molecular weight is 292 g/mol. The van der Waals surface area contributed by atoms with E-state index in [-0.39, 0.29) is 11.8 Å². The second-order valence-electron chi connectivity index (χ2n) is 6.30. The van der Waals surface area contributed by atoms with E-state index in [0.29, 0.717) is 12.0 Å². The minimum Gasteiger partial charge on any atom is -0.353 e. The lowest BCUT2D eigenvalue weighted by Crippen LogP contribution is -2.41. The van der Waals surface area contributed by atoms with Crippen molar-refractivity contribution in [3.05, 3.63) is 16.1 Å². The predicted octanol–water partition coefficient (Wildman–Crippen LogP) is 3.65. The van der Waals surface area contributed by atoms with Crippen molar-refractivity contribution in [1.29, 1.82) is 0 Å². The minimum absolute atomic E-state index is 0.0530. The highest BCUT2D eigenvalue weighted by Gasteiger charge is 2.30. The number of hydrogen-bond acceptors (Lipinski definition) is 3. The van der Waals surface area contributed by atoms with Crippen LogP contribution in [0, 0.1) is 5.92 Å². The molecule has 3 nitrogen and oxygen atoms in total. The fourth-order valence-electron chi connectivity index (χ4n) is 3.68. The average Bonchev–Trinajstić information content (AvgIpc) is 2.96. The van der Waals surface area contributed by atoms with Crippen LogP contribution in [0.4, 0.5) is 0 Å². The number of rotatable bonds is 3. The van der Waals surface area contributed by atoms with Gasteiger partial charge in [0.15, 0.2) is 0 Å². The van der Waals surface area contributed by atoms with Gasteiger partial charge in [-0.2, -0.15) is 0 Å². The first-order valence-corrected chi connectivity index (χ1v) is 8.86. The summed E-state index contributed by atoms with van der Waals surface area (Å²) in [7, 11) is 0. The van der Waals surface area contributed by atoms with Crippen LogP contribution in [0.1, 0.15) is 68.4 Å². The molecule has 2 aliphatic carbocycles. The third kappa shape index (κ3) is 2.90. The van der Waals surface area contributed by atoms with Gasteiger partial charge in [-0.25, -0.2) is 4.98 Å². The highest BCUT2D eigenvalue weighted by Crippen LogP contribution is 2.34. The molecule has 1 amide bonds. The Balaban J connectivity index is 1.62. The Bertz CT molecular complexity index is 465. The summed E-state index contributed by atoms with van der Waals surface area (Å²) >= 11 is 1.65. The summed E-state index contributed by atoms with van der Waals surface area (Å²) in [5.74, 6) is 0.961. The Morgan fingerprint density at radius 3 is 2.90 bits per heavy atom. The fraction of sp³-hybridized carbons (Fsp3) is 0.750. The summed E-state index contributed by atoms with van der Waals surface area (Å²) in [5.41, 5.74) is 3.05. The molecule has 0 bridgehead atoms. The third-order valence-corrected chi connectivity index (χ3v) is 5.92. The van der Waals surface area contributed by atoms with Crippen molar-refractivity contribution >= 4 is 17.2 Å². The van der Waals surface area contributed by atoms with Gasteiger partial charge in [0.25, 0.3) is 0 Å². The van der Waals surface area contributed by atoms with Crippen molar-refractivity contribution < 1.29 is 4.79 Å². The van der Waals surface area contributed by atoms with Gasteiger partial charge in [0, 0.05) is 10.9 Å². The van der Waals surface area contributed by atoms with Crippen LogP contribution in [0.15, 0.2) is 5.51 Å². The molecule has 4 heteroatoms. The molecule has 110 valence electrons. The number of thiazole rings is 1. The number of aromatic nitrogens is 1. The maximum Gasteiger partial charge on any atom is 0.228 e. The highest BCUT2D eigenvalue weighted by atomic mass is 32.1. The van der Waals surface area contributed by atoms with Gasteiger partial charge >= 0.3 is 0 Å².